The Hall–Kier alpha value is -3.17. The maximum atomic E-state index is 14.4. The summed E-state index contributed by atoms with van der Waals surface area (Å²) in [4.78, 5) is 16.1. The van der Waals surface area contributed by atoms with E-state index in [-0.39, 0.29) is 11.3 Å². The van der Waals surface area contributed by atoms with Gasteiger partial charge in [-0.05, 0) is 30.3 Å². The van der Waals surface area contributed by atoms with Gasteiger partial charge in [0.05, 0.1) is 0 Å². The van der Waals surface area contributed by atoms with E-state index in [0.29, 0.717) is 0 Å². The van der Waals surface area contributed by atoms with Crippen molar-refractivity contribution in [1.82, 2.24) is 5.32 Å². The molecule has 1 aliphatic rings. The van der Waals surface area contributed by atoms with E-state index in [1.165, 1.54) is 18.2 Å². The molecule has 1 heterocycles. The number of anilines is 1. The highest BCUT2D eigenvalue weighted by atomic mass is 19.4. The maximum absolute atomic E-state index is 14.4. The van der Waals surface area contributed by atoms with E-state index >= 15 is 0 Å². The molecule has 3 N–H and O–H groups in total. The molecule has 0 fully saturated rings. The molecule has 1 amide bonds. The molecule has 0 spiro atoms. The lowest BCUT2D eigenvalue weighted by Gasteiger charge is -2.37. The van der Waals surface area contributed by atoms with Gasteiger partial charge in [0.25, 0.3) is 11.9 Å². The van der Waals surface area contributed by atoms with Crippen LogP contribution in [0.25, 0.3) is 0 Å². The number of halogens is 5. The summed E-state index contributed by atoms with van der Waals surface area (Å²) >= 11 is 0. The van der Waals surface area contributed by atoms with E-state index in [1.807, 2.05) is 0 Å². The van der Waals surface area contributed by atoms with Crippen molar-refractivity contribution in [2.24, 2.45) is 4.99 Å². The molecule has 2 aromatic rings. The highest BCUT2D eigenvalue weighted by Crippen LogP contribution is 2.42. The van der Waals surface area contributed by atoms with E-state index in [2.05, 4.69) is 10.3 Å². The zero-order valence-corrected chi connectivity index (χ0v) is 14.8. The number of alkyl halides is 4. The second-order valence-corrected chi connectivity index (χ2v) is 6.49. The summed E-state index contributed by atoms with van der Waals surface area (Å²) in [6.45, 7) is -1.46. The molecule has 5 nitrogen and oxygen atoms in total. The van der Waals surface area contributed by atoms with Crippen molar-refractivity contribution in [3.8, 4) is 0 Å². The molecule has 29 heavy (non-hydrogen) atoms. The molecule has 3 rings (SSSR count). The zero-order chi connectivity index (χ0) is 21.2. The molecular formula is C19H16F5N3O2. The fourth-order valence-electron chi connectivity index (χ4n) is 2.97. The Kier molecular flexibility index (Phi) is 5.45. The van der Waals surface area contributed by atoms with Gasteiger partial charge in [0.1, 0.15) is 18.0 Å². The van der Waals surface area contributed by atoms with Gasteiger partial charge in [0.2, 0.25) is 0 Å². The van der Waals surface area contributed by atoms with Crippen molar-refractivity contribution in [2.45, 2.75) is 24.2 Å². The topological polar surface area (TPSA) is 76.7 Å². The Balaban J connectivity index is 2.05. The first-order valence-corrected chi connectivity index (χ1v) is 8.46. The molecule has 2 unspecified atom stereocenters. The Morgan fingerprint density at radius 1 is 1.24 bits per heavy atom. The third kappa shape index (κ3) is 4.30. The van der Waals surface area contributed by atoms with Crippen LogP contribution in [0.2, 0.25) is 0 Å². The molecule has 0 aromatic heterocycles. The molecule has 1 aliphatic heterocycles. The lowest BCUT2D eigenvalue weighted by atomic mass is 9.84. The third-order valence-electron chi connectivity index (χ3n) is 4.43. The van der Waals surface area contributed by atoms with Crippen LogP contribution < -0.4 is 11.1 Å². The third-order valence-corrected chi connectivity index (χ3v) is 4.43. The van der Waals surface area contributed by atoms with Crippen LogP contribution in [0.15, 0.2) is 53.5 Å². The summed E-state index contributed by atoms with van der Waals surface area (Å²) in [5.41, 5.74) is 3.02. The fourth-order valence-corrected chi connectivity index (χ4v) is 2.97. The number of carbonyl (C=O) groups excluding carboxylic acids is 1. The first-order valence-electron chi connectivity index (χ1n) is 8.46. The number of hydrogen-bond donors (Lipinski definition) is 2. The number of nitrogens with zero attached hydrogens (tertiary/aromatic N) is 1. The van der Waals surface area contributed by atoms with E-state index in [9.17, 15) is 26.7 Å². The fraction of sp³-hybridized carbons (Fsp3) is 0.263. The molecule has 10 heteroatoms. The number of amides is 1. The normalized spacial score (nSPS) is 21.8. The number of benzene rings is 2. The Morgan fingerprint density at radius 2 is 1.93 bits per heavy atom. The minimum atomic E-state index is -4.91. The van der Waals surface area contributed by atoms with Crippen LogP contribution in [0, 0.1) is 5.82 Å². The second-order valence-electron chi connectivity index (χ2n) is 6.49. The van der Waals surface area contributed by atoms with Crippen LogP contribution in [0.1, 0.15) is 22.3 Å². The van der Waals surface area contributed by atoms with E-state index in [1.54, 1.807) is 18.2 Å². The Morgan fingerprint density at radius 3 is 2.55 bits per heavy atom. The molecule has 0 radical (unpaired) electrons. The standard InChI is InChI=1S/C19H16F5N3O2/c20-10-18(13-8-12(25)6-7-14(13)21)9-15(19(22,23)24)29-17(27-18)26-16(28)11-4-2-1-3-5-11/h1-8,15H,9-10,25H2,(H,26,27,28). The average molecular weight is 413 g/mol. The summed E-state index contributed by atoms with van der Waals surface area (Å²) in [6, 6.07) is 9.84. The number of ether oxygens (including phenoxy) is 1. The summed E-state index contributed by atoms with van der Waals surface area (Å²) in [5.74, 6) is -1.79. The Bertz CT molecular complexity index is 933. The number of rotatable bonds is 3. The minimum absolute atomic E-state index is 0.0225. The predicted octanol–water partition coefficient (Wildman–Crippen LogP) is 3.71. The van der Waals surface area contributed by atoms with Crippen LogP contribution in [-0.4, -0.2) is 30.9 Å². The van der Waals surface area contributed by atoms with Crippen molar-refractivity contribution in [2.75, 3.05) is 12.4 Å². The molecule has 2 atom stereocenters. The number of hydrogen-bond acceptors (Lipinski definition) is 4. The van der Waals surface area contributed by atoms with Crippen LogP contribution in [-0.2, 0) is 10.3 Å². The van der Waals surface area contributed by atoms with Gasteiger partial charge >= 0.3 is 6.18 Å². The van der Waals surface area contributed by atoms with Crippen LogP contribution in [0.5, 0.6) is 0 Å². The van der Waals surface area contributed by atoms with E-state index in [4.69, 9.17) is 10.5 Å². The number of nitrogens with one attached hydrogen (secondary N) is 1. The second kappa shape index (κ2) is 7.69. The van der Waals surface area contributed by atoms with Crippen molar-refractivity contribution in [3.05, 3.63) is 65.5 Å². The number of aliphatic imine (C=N–C) groups is 1. The van der Waals surface area contributed by atoms with Crippen molar-refractivity contribution in [3.63, 3.8) is 0 Å². The largest absolute Gasteiger partial charge is 0.452 e. The van der Waals surface area contributed by atoms with Crippen LogP contribution >= 0.6 is 0 Å². The molecule has 0 aliphatic carbocycles. The Labute approximate surface area is 162 Å². The highest BCUT2D eigenvalue weighted by molar-refractivity contribution is 6.04. The maximum Gasteiger partial charge on any atom is 0.425 e. The predicted molar refractivity (Wildman–Crippen MR) is 95.4 cm³/mol. The van der Waals surface area contributed by atoms with E-state index < -0.39 is 54.2 Å². The van der Waals surface area contributed by atoms with Gasteiger partial charge in [0, 0.05) is 23.2 Å². The molecule has 0 saturated carbocycles. The first kappa shape index (κ1) is 20.6. The van der Waals surface area contributed by atoms with Gasteiger partial charge in [-0.3, -0.25) is 10.1 Å². The van der Waals surface area contributed by atoms with Gasteiger partial charge in [0.15, 0.2) is 6.10 Å². The van der Waals surface area contributed by atoms with Gasteiger partial charge in [-0.2, -0.15) is 13.2 Å². The number of nitrogen functional groups attached to an aromatic ring is 1. The van der Waals surface area contributed by atoms with E-state index in [0.717, 1.165) is 12.1 Å². The van der Waals surface area contributed by atoms with Gasteiger partial charge in [-0.1, -0.05) is 18.2 Å². The molecule has 0 saturated heterocycles. The molecule has 154 valence electrons. The quantitative estimate of drug-likeness (QED) is 0.595. The monoisotopic (exact) mass is 413 g/mol. The highest BCUT2D eigenvalue weighted by Gasteiger charge is 2.52. The summed E-state index contributed by atoms with van der Waals surface area (Å²) < 4.78 is 73.5. The number of carbonyl (C=O) groups is 1. The lowest BCUT2D eigenvalue weighted by Crippen LogP contribution is -2.50. The van der Waals surface area contributed by atoms with Crippen LogP contribution in [0.3, 0.4) is 0 Å². The first-order chi connectivity index (χ1) is 13.6. The SMILES string of the molecule is Nc1ccc(F)c(C2(CF)CC(C(F)(F)F)OC(NC(=O)c3ccccc3)=N2)c1. The van der Waals surface area contributed by atoms with Crippen molar-refractivity contribution >= 4 is 17.6 Å². The van der Waals surface area contributed by atoms with Gasteiger partial charge in [-0.25, -0.2) is 13.8 Å². The lowest BCUT2D eigenvalue weighted by molar-refractivity contribution is -0.209. The molecular weight excluding hydrogens is 397 g/mol. The molecule has 2 aromatic carbocycles. The number of amidine groups is 1. The number of nitrogens with two attached hydrogens (primary N) is 1. The molecule has 0 bridgehead atoms. The van der Waals surface area contributed by atoms with Gasteiger partial charge < -0.3 is 10.5 Å². The van der Waals surface area contributed by atoms with Crippen molar-refractivity contribution in [1.29, 1.82) is 0 Å². The smallest absolute Gasteiger partial charge is 0.425 e. The summed E-state index contributed by atoms with van der Waals surface area (Å²) in [7, 11) is 0. The summed E-state index contributed by atoms with van der Waals surface area (Å²) in [6.07, 6.45) is -8.43. The minimum Gasteiger partial charge on any atom is -0.452 e. The summed E-state index contributed by atoms with van der Waals surface area (Å²) in [5, 5.41) is 2.10. The zero-order valence-electron chi connectivity index (χ0n) is 14.8. The van der Waals surface area contributed by atoms with Gasteiger partial charge in [-0.15, -0.1) is 0 Å². The van der Waals surface area contributed by atoms with Crippen LogP contribution in [0.4, 0.5) is 27.6 Å². The average Bonchev–Trinajstić information content (AvgIpc) is 2.69. The van der Waals surface area contributed by atoms with Crippen molar-refractivity contribution < 1.29 is 31.5 Å².